The fraction of sp³-hybridized carbons (Fsp3) is 0.400. The van der Waals surface area contributed by atoms with Gasteiger partial charge >= 0.3 is 5.97 Å². The Morgan fingerprint density at radius 3 is 2.90 bits per heavy atom. The number of carboxylic acid groups (broad SMARTS) is 1. The van der Waals surface area contributed by atoms with E-state index in [2.05, 4.69) is 18.7 Å². The summed E-state index contributed by atoms with van der Waals surface area (Å²) >= 11 is 8.35. The molecule has 5 heteroatoms. The molecule has 1 saturated heterocycles. The first-order valence-corrected chi connectivity index (χ1v) is 8.00. The molecule has 0 radical (unpaired) electrons. The first-order chi connectivity index (χ1) is 9.49. The zero-order valence-corrected chi connectivity index (χ0v) is 13.1. The average Bonchev–Trinajstić information content (AvgIpc) is 2.40. The first kappa shape index (κ1) is 15.3. The normalized spacial score (nSPS) is 23.2. The van der Waals surface area contributed by atoms with Crippen molar-refractivity contribution in [2.75, 3.05) is 17.2 Å². The number of hydrogen-bond donors (Lipinski definition) is 1. The molecule has 3 nitrogen and oxygen atoms in total. The van der Waals surface area contributed by atoms with E-state index in [0.29, 0.717) is 16.3 Å². The lowest BCUT2D eigenvalue weighted by atomic mass is 10.1. The number of hydrogen-bond acceptors (Lipinski definition) is 3. The van der Waals surface area contributed by atoms with Crippen molar-refractivity contribution in [1.82, 2.24) is 0 Å². The maximum absolute atomic E-state index is 10.5. The van der Waals surface area contributed by atoms with Crippen LogP contribution in [0.2, 0.25) is 5.02 Å². The van der Waals surface area contributed by atoms with E-state index in [1.807, 2.05) is 30.0 Å². The van der Waals surface area contributed by atoms with Gasteiger partial charge in [-0.3, -0.25) is 0 Å². The molecule has 0 spiro atoms. The molecule has 0 amide bonds. The number of rotatable bonds is 3. The minimum atomic E-state index is -0.958. The Morgan fingerprint density at radius 1 is 1.50 bits per heavy atom. The van der Waals surface area contributed by atoms with E-state index < -0.39 is 5.97 Å². The molecule has 0 saturated carbocycles. The lowest BCUT2D eigenvalue weighted by molar-refractivity contribution is -0.131. The molecule has 0 aromatic heterocycles. The van der Waals surface area contributed by atoms with Crippen molar-refractivity contribution >= 4 is 41.1 Å². The van der Waals surface area contributed by atoms with Gasteiger partial charge in [0.15, 0.2) is 0 Å². The summed E-state index contributed by atoms with van der Waals surface area (Å²) in [4.78, 5) is 12.8. The minimum Gasteiger partial charge on any atom is -0.478 e. The Morgan fingerprint density at radius 2 is 2.25 bits per heavy atom. The van der Waals surface area contributed by atoms with Gasteiger partial charge < -0.3 is 10.0 Å². The van der Waals surface area contributed by atoms with E-state index in [1.165, 1.54) is 0 Å². The van der Waals surface area contributed by atoms with Gasteiger partial charge in [0, 0.05) is 29.7 Å². The number of carboxylic acids is 1. The quantitative estimate of drug-likeness (QED) is 0.863. The minimum absolute atomic E-state index is 0.437. The van der Waals surface area contributed by atoms with Gasteiger partial charge in [0.2, 0.25) is 0 Å². The van der Waals surface area contributed by atoms with Gasteiger partial charge in [0.1, 0.15) is 0 Å². The molecule has 1 N–H and O–H groups in total. The molecule has 1 fully saturated rings. The Labute approximate surface area is 128 Å². The summed E-state index contributed by atoms with van der Waals surface area (Å²) in [6.07, 6.45) is 2.67. The number of halogens is 1. The molecular formula is C15H18ClNO2S. The van der Waals surface area contributed by atoms with Gasteiger partial charge in [-0.1, -0.05) is 24.6 Å². The van der Waals surface area contributed by atoms with Crippen LogP contribution in [0.25, 0.3) is 6.08 Å². The van der Waals surface area contributed by atoms with E-state index in [0.717, 1.165) is 29.6 Å². The van der Waals surface area contributed by atoms with Gasteiger partial charge in [0.25, 0.3) is 0 Å². The van der Waals surface area contributed by atoms with E-state index in [9.17, 15) is 4.79 Å². The molecule has 1 aromatic rings. The molecule has 1 aromatic carbocycles. The van der Waals surface area contributed by atoms with Crippen LogP contribution in [0.3, 0.4) is 0 Å². The number of benzene rings is 1. The van der Waals surface area contributed by atoms with Crippen molar-refractivity contribution in [3.63, 3.8) is 0 Å². The maximum Gasteiger partial charge on any atom is 0.328 e. The van der Waals surface area contributed by atoms with Crippen LogP contribution in [0.1, 0.15) is 19.4 Å². The molecular weight excluding hydrogens is 294 g/mol. The standard InChI is InChI=1S/C15H18ClNO2S/c1-10-11(2)20-8-7-17(10)14-5-3-12(9-13(14)16)4-6-15(18)19/h3-6,9-11H,7-8H2,1-2H3,(H,18,19)/b6-4+. The first-order valence-electron chi connectivity index (χ1n) is 6.58. The van der Waals surface area contributed by atoms with Crippen LogP contribution in [0.4, 0.5) is 5.69 Å². The largest absolute Gasteiger partial charge is 0.478 e. The van der Waals surface area contributed by atoms with Gasteiger partial charge in [-0.25, -0.2) is 4.79 Å². The van der Waals surface area contributed by atoms with Crippen LogP contribution in [-0.2, 0) is 4.79 Å². The number of aliphatic carboxylic acids is 1. The van der Waals surface area contributed by atoms with Gasteiger partial charge in [-0.05, 0) is 30.7 Å². The maximum atomic E-state index is 10.5. The van der Waals surface area contributed by atoms with E-state index in [1.54, 1.807) is 6.08 Å². The van der Waals surface area contributed by atoms with Gasteiger partial charge in [-0.2, -0.15) is 11.8 Å². The number of carbonyl (C=O) groups is 1. The molecule has 2 unspecified atom stereocenters. The van der Waals surface area contributed by atoms with E-state index in [4.69, 9.17) is 16.7 Å². The summed E-state index contributed by atoms with van der Waals surface area (Å²) in [5.41, 5.74) is 1.83. The SMILES string of the molecule is CC1SCCN(c2ccc(/C=C/C(=O)O)cc2Cl)C1C. The molecule has 2 rings (SSSR count). The number of anilines is 1. The molecule has 2 atom stereocenters. The lowest BCUT2D eigenvalue weighted by Gasteiger charge is -2.39. The third-order valence-electron chi connectivity index (χ3n) is 3.58. The van der Waals surface area contributed by atoms with Crippen LogP contribution in [-0.4, -0.2) is 34.7 Å². The fourth-order valence-electron chi connectivity index (χ4n) is 2.30. The molecule has 0 aliphatic carbocycles. The molecule has 0 bridgehead atoms. The van der Waals surface area contributed by atoms with E-state index >= 15 is 0 Å². The number of nitrogens with zero attached hydrogens (tertiary/aromatic N) is 1. The summed E-state index contributed by atoms with van der Waals surface area (Å²) < 4.78 is 0. The van der Waals surface area contributed by atoms with Crippen LogP contribution >= 0.6 is 23.4 Å². The highest BCUT2D eigenvalue weighted by molar-refractivity contribution is 8.00. The van der Waals surface area contributed by atoms with Crippen LogP contribution in [0.5, 0.6) is 0 Å². The van der Waals surface area contributed by atoms with Crippen molar-refractivity contribution in [2.45, 2.75) is 25.1 Å². The number of thioether (sulfide) groups is 1. The predicted molar refractivity (Wildman–Crippen MR) is 86.8 cm³/mol. The summed E-state index contributed by atoms with van der Waals surface area (Å²) in [7, 11) is 0. The highest BCUT2D eigenvalue weighted by atomic mass is 35.5. The summed E-state index contributed by atoms with van der Waals surface area (Å²) in [5, 5.41) is 9.88. The summed E-state index contributed by atoms with van der Waals surface area (Å²) in [6.45, 7) is 5.44. The third kappa shape index (κ3) is 3.49. The third-order valence-corrected chi connectivity index (χ3v) is 5.22. The van der Waals surface area contributed by atoms with Crippen LogP contribution in [0, 0.1) is 0 Å². The molecule has 1 aliphatic heterocycles. The van der Waals surface area contributed by atoms with Crippen molar-refractivity contribution in [3.05, 3.63) is 34.9 Å². The average molecular weight is 312 g/mol. The molecule has 108 valence electrons. The smallest absolute Gasteiger partial charge is 0.328 e. The Bertz CT molecular complexity index is 533. The topological polar surface area (TPSA) is 40.5 Å². The summed E-state index contributed by atoms with van der Waals surface area (Å²) in [6, 6.07) is 6.13. The lowest BCUT2D eigenvalue weighted by Crippen LogP contribution is -2.44. The second kappa shape index (κ2) is 6.55. The molecule has 1 heterocycles. The zero-order valence-electron chi connectivity index (χ0n) is 11.5. The molecule has 20 heavy (non-hydrogen) atoms. The second-order valence-corrected chi connectivity index (χ2v) is 6.78. The van der Waals surface area contributed by atoms with Crippen LogP contribution in [0.15, 0.2) is 24.3 Å². The Balaban J connectivity index is 2.23. The Kier molecular flexibility index (Phi) is 5.00. The highest BCUT2D eigenvalue weighted by Gasteiger charge is 2.26. The summed E-state index contributed by atoms with van der Waals surface area (Å²) in [5.74, 6) is 0.142. The predicted octanol–water partition coefficient (Wildman–Crippen LogP) is 3.77. The Hall–Kier alpha value is -1.13. The highest BCUT2D eigenvalue weighted by Crippen LogP contribution is 2.34. The molecule has 1 aliphatic rings. The van der Waals surface area contributed by atoms with Crippen molar-refractivity contribution in [3.8, 4) is 0 Å². The van der Waals surface area contributed by atoms with Crippen molar-refractivity contribution < 1.29 is 9.90 Å². The van der Waals surface area contributed by atoms with E-state index in [-0.39, 0.29) is 0 Å². The monoisotopic (exact) mass is 311 g/mol. The zero-order chi connectivity index (χ0) is 14.7. The van der Waals surface area contributed by atoms with Crippen LogP contribution < -0.4 is 4.90 Å². The van der Waals surface area contributed by atoms with Crippen molar-refractivity contribution in [1.29, 1.82) is 0 Å². The fourth-order valence-corrected chi connectivity index (χ4v) is 3.70. The van der Waals surface area contributed by atoms with Crippen molar-refractivity contribution in [2.24, 2.45) is 0 Å². The van der Waals surface area contributed by atoms with Gasteiger partial charge in [-0.15, -0.1) is 0 Å². The second-order valence-electron chi connectivity index (χ2n) is 4.89. The van der Waals surface area contributed by atoms with Gasteiger partial charge in [0.05, 0.1) is 10.7 Å².